The summed E-state index contributed by atoms with van der Waals surface area (Å²) >= 11 is 5.79. The molecular formula is C12H16ClN3O2. The zero-order chi connectivity index (χ0) is 13.0. The van der Waals surface area contributed by atoms with Crippen LogP contribution in [-0.2, 0) is 11.3 Å². The van der Waals surface area contributed by atoms with Gasteiger partial charge in [-0.1, -0.05) is 11.6 Å². The van der Waals surface area contributed by atoms with Crippen molar-refractivity contribution in [3.63, 3.8) is 0 Å². The Morgan fingerprint density at radius 2 is 2.44 bits per heavy atom. The third-order valence-electron chi connectivity index (χ3n) is 2.89. The molecule has 98 valence electrons. The highest BCUT2D eigenvalue weighted by Gasteiger charge is 2.19. The summed E-state index contributed by atoms with van der Waals surface area (Å²) in [5.41, 5.74) is 0.950. The van der Waals surface area contributed by atoms with Gasteiger partial charge in [0.15, 0.2) is 0 Å². The molecule has 5 nitrogen and oxygen atoms in total. The van der Waals surface area contributed by atoms with Crippen LogP contribution in [0.1, 0.15) is 18.4 Å². The van der Waals surface area contributed by atoms with E-state index in [-0.39, 0.29) is 11.9 Å². The van der Waals surface area contributed by atoms with Crippen LogP contribution in [0.4, 0.5) is 0 Å². The van der Waals surface area contributed by atoms with Gasteiger partial charge >= 0.3 is 0 Å². The molecule has 1 saturated heterocycles. The number of amides is 1. The first-order valence-corrected chi connectivity index (χ1v) is 6.26. The smallest absolute Gasteiger partial charge is 0.220 e. The van der Waals surface area contributed by atoms with Crippen molar-refractivity contribution in [2.75, 3.05) is 13.7 Å². The Hall–Kier alpha value is -1.33. The second-order valence-electron chi connectivity index (χ2n) is 4.24. The molecule has 1 atom stereocenters. The molecular weight excluding hydrogens is 254 g/mol. The van der Waals surface area contributed by atoms with E-state index in [0.29, 0.717) is 24.0 Å². The van der Waals surface area contributed by atoms with Gasteiger partial charge in [0.25, 0.3) is 0 Å². The van der Waals surface area contributed by atoms with Crippen LogP contribution in [0.5, 0.6) is 5.88 Å². The Labute approximate surface area is 111 Å². The number of nitrogens with zero attached hydrogens (tertiary/aromatic N) is 1. The van der Waals surface area contributed by atoms with Crippen molar-refractivity contribution < 1.29 is 9.53 Å². The second-order valence-corrected chi connectivity index (χ2v) is 4.62. The number of hydrogen-bond acceptors (Lipinski definition) is 4. The normalized spacial score (nSPS) is 18.8. The van der Waals surface area contributed by atoms with Crippen molar-refractivity contribution in [3.05, 3.63) is 22.8 Å². The number of carbonyl (C=O) groups is 1. The van der Waals surface area contributed by atoms with Crippen LogP contribution < -0.4 is 15.4 Å². The Morgan fingerprint density at radius 3 is 3.11 bits per heavy atom. The molecule has 0 unspecified atom stereocenters. The molecule has 0 spiro atoms. The van der Waals surface area contributed by atoms with Crippen LogP contribution in [0.3, 0.4) is 0 Å². The molecule has 0 bridgehead atoms. The first-order valence-electron chi connectivity index (χ1n) is 5.88. The minimum Gasteiger partial charge on any atom is -0.481 e. The number of methoxy groups -OCH3 is 1. The van der Waals surface area contributed by atoms with Gasteiger partial charge in [0.2, 0.25) is 11.8 Å². The second kappa shape index (κ2) is 6.02. The first-order chi connectivity index (χ1) is 8.69. The molecule has 2 heterocycles. The highest BCUT2D eigenvalue weighted by Crippen LogP contribution is 2.18. The summed E-state index contributed by atoms with van der Waals surface area (Å²) in [6, 6.07) is 3.84. The SMILES string of the molecule is COc1nc(Cl)ccc1CNC[C@@H]1CCC(=O)N1. The molecule has 0 radical (unpaired) electrons. The molecule has 2 N–H and O–H groups in total. The quantitative estimate of drug-likeness (QED) is 0.786. The maximum absolute atomic E-state index is 11.0. The van der Waals surface area contributed by atoms with Gasteiger partial charge in [0.1, 0.15) is 5.15 Å². The van der Waals surface area contributed by atoms with E-state index in [0.717, 1.165) is 18.5 Å². The van der Waals surface area contributed by atoms with Crippen molar-refractivity contribution in [2.45, 2.75) is 25.4 Å². The summed E-state index contributed by atoms with van der Waals surface area (Å²) in [4.78, 5) is 15.1. The lowest BCUT2D eigenvalue weighted by Crippen LogP contribution is -2.35. The Balaban J connectivity index is 1.84. The number of carbonyl (C=O) groups excluding carboxylic acids is 1. The van der Waals surface area contributed by atoms with E-state index in [1.165, 1.54) is 0 Å². The van der Waals surface area contributed by atoms with Gasteiger partial charge in [-0.2, -0.15) is 0 Å². The van der Waals surface area contributed by atoms with Crippen molar-refractivity contribution in [2.24, 2.45) is 0 Å². The number of halogens is 1. The Morgan fingerprint density at radius 1 is 1.61 bits per heavy atom. The lowest BCUT2D eigenvalue weighted by Gasteiger charge is -2.12. The van der Waals surface area contributed by atoms with Crippen LogP contribution in [-0.4, -0.2) is 30.6 Å². The van der Waals surface area contributed by atoms with Gasteiger partial charge in [-0.3, -0.25) is 4.79 Å². The number of hydrogen-bond donors (Lipinski definition) is 2. The van der Waals surface area contributed by atoms with E-state index in [1.807, 2.05) is 6.07 Å². The number of nitrogens with one attached hydrogen (secondary N) is 2. The fourth-order valence-corrected chi connectivity index (χ4v) is 2.11. The summed E-state index contributed by atoms with van der Waals surface area (Å²) in [5, 5.41) is 6.60. The minimum atomic E-state index is 0.132. The largest absolute Gasteiger partial charge is 0.481 e. The first kappa shape index (κ1) is 13.1. The summed E-state index contributed by atoms with van der Waals surface area (Å²) < 4.78 is 5.16. The van der Waals surface area contributed by atoms with E-state index >= 15 is 0 Å². The van der Waals surface area contributed by atoms with Crippen molar-refractivity contribution in [1.82, 2.24) is 15.6 Å². The van der Waals surface area contributed by atoms with Gasteiger partial charge in [-0.05, 0) is 18.6 Å². The number of aromatic nitrogens is 1. The monoisotopic (exact) mass is 269 g/mol. The molecule has 1 aromatic rings. The van der Waals surface area contributed by atoms with Crippen LogP contribution in [0.2, 0.25) is 5.15 Å². The molecule has 2 rings (SSSR count). The maximum Gasteiger partial charge on any atom is 0.220 e. The fourth-order valence-electron chi connectivity index (χ4n) is 1.97. The van der Waals surface area contributed by atoms with Gasteiger partial charge in [-0.15, -0.1) is 0 Å². The molecule has 1 aliphatic heterocycles. The number of pyridine rings is 1. The highest BCUT2D eigenvalue weighted by molar-refractivity contribution is 6.29. The topological polar surface area (TPSA) is 63.2 Å². The number of ether oxygens (including phenoxy) is 1. The third-order valence-corrected chi connectivity index (χ3v) is 3.10. The lowest BCUT2D eigenvalue weighted by molar-refractivity contribution is -0.119. The Kier molecular flexibility index (Phi) is 4.38. The van der Waals surface area contributed by atoms with E-state index < -0.39 is 0 Å². The average molecular weight is 270 g/mol. The van der Waals surface area contributed by atoms with Gasteiger partial charge in [0.05, 0.1) is 7.11 Å². The molecule has 1 fully saturated rings. The van der Waals surface area contributed by atoms with Crippen LogP contribution >= 0.6 is 11.6 Å². The molecule has 6 heteroatoms. The minimum absolute atomic E-state index is 0.132. The zero-order valence-electron chi connectivity index (χ0n) is 10.2. The average Bonchev–Trinajstić information content (AvgIpc) is 2.77. The number of rotatable bonds is 5. The standard InChI is InChI=1S/C12H16ClN3O2/c1-18-12-8(2-4-10(13)16-12)6-14-7-9-3-5-11(17)15-9/h2,4,9,14H,3,5-7H2,1H3,(H,15,17)/t9-/m0/s1. The summed E-state index contributed by atoms with van der Waals surface area (Å²) in [6.07, 6.45) is 1.51. The molecule has 0 aromatic carbocycles. The van der Waals surface area contributed by atoms with E-state index in [1.54, 1.807) is 13.2 Å². The van der Waals surface area contributed by atoms with E-state index in [2.05, 4.69) is 15.6 Å². The van der Waals surface area contributed by atoms with E-state index in [4.69, 9.17) is 16.3 Å². The lowest BCUT2D eigenvalue weighted by atomic mass is 10.2. The molecule has 0 aliphatic carbocycles. The van der Waals surface area contributed by atoms with Crippen LogP contribution in [0.25, 0.3) is 0 Å². The molecule has 1 amide bonds. The summed E-state index contributed by atoms with van der Waals surface area (Å²) in [5.74, 6) is 0.665. The fraction of sp³-hybridized carbons (Fsp3) is 0.500. The molecule has 0 saturated carbocycles. The zero-order valence-corrected chi connectivity index (χ0v) is 11.0. The van der Waals surface area contributed by atoms with Gasteiger partial charge < -0.3 is 15.4 Å². The van der Waals surface area contributed by atoms with Crippen LogP contribution in [0.15, 0.2) is 12.1 Å². The highest BCUT2D eigenvalue weighted by atomic mass is 35.5. The van der Waals surface area contributed by atoms with Crippen molar-refractivity contribution in [3.8, 4) is 5.88 Å². The van der Waals surface area contributed by atoms with Gasteiger partial charge in [-0.25, -0.2) is 4.98 Å². The van der Waals surface area contributed by atoms with Gasteiger partial charge in [0, 0.05) is 31.1 Å². The maximum atomic E-state index is 11.0. The van der Waals surface area contributed by atoms with E-state index in [9.17, 15) is 4.79 Å². The Bertz CT molecular complexity index is 439. The predicted molar refractivity (Wildman–Crippen MR) is 68.7 cm³/mol. The van der Waals surface area contributed by atoms with Crippen molar-refractivity contribution >= 4 is 17.5 Å². The van der Waals surface area contributed by atoms with Crippen molar-refractivity contribution in [1.29, 1.82) is 0 Å². The molecule has 1 aromatic heterocycles. The summed E-state index contributed by atoms with van der Waals surface area (Å²) in [7, 11) is 1.57. The summed E-state index contributed by atoms with van der Waals surface area (Å²) in [6.45, 7) is 1.39. The third kappa shape index (κ3) is 3.34. The predicted octanol–water partition coefficient (Wildman–Crippen LogP) is 1.11. The molecule has 18 heavy (non-hydrogen) atoms. The molecule has 1 aliphatic rings. The van der Waals surface area contributed by atoms with Crippen LogP contribution in [0, 0.1) is 0 Å².